The molecule has 0 radical (unpaired) electrons. The molecule has 0 unspecified atom stereocenters. The zero-order chi connectivity index (χ0) is 16.3. The highest BCUT2D eigenvalue weighted by atomic mass is 79.9. The van der Waals surface area contributed by atoms with Crippen molar-refractivity contribution in [1.29, 1.82) is 0 Å². The molecule has 1 aromatic carbocycles. The summed E-state index contributed by atoms with van der Waals surface area (Å²) in [6, 6.07) is 2.99. The third-order valence-electron chi connectivity index (χ3n) is 3.66. The van der Waals surface area contributed by atoms with Crippen LogP contribution in [0.5, 0.6) is 0 Å². The first-order valence-electron chi connectivity index (χ1n) is 6.58. The standard InChI is InChI=1S/C14H18BrF3N2O/c1-3-13(4-2,8-19)20-12(21)10-7-9(14(16,17)18)5-6-11(10)15/h5-7H,3-4,8,19H2,1-2H3,(H,20,21). The van der Waals surface area contributed by atoms with Crippen LogP contribution in [0.1, 0.15) is 42.6 Å². The number of hydrogen-bond donors (Lipinski definition) is 2. The van der Waals surface area contributed by atoms with E-state index in [2.05, 4.69) is 21.2 Å². The second kappa shape index (κ2) is 6.79. The van der Waals surface area contributed by atoms with Gasteiger partial charge < -0.3 is 11.1 Å². The van der Waals surface area contributed by atoms with Crippen LogP contribution in [-0.4, -0.2) is 18.0 Å². The van der Waals surface area contributed by atoms with Gasteiger partial charge in [-0.1, -0.05) is 13.8 Å². The molecule has 7 heteroatoms. The number of benzene rings is 1. The quantitative estimate of drug-likeness (QED) is 0.834. The first kappa shape index (κ1) is 18.0. The Bertz CT molecular complexity index is 505. The van der Waals surface area contributed by atoms with E-state index in [9.17, 15) is 18.0 Å². The van der Waals surface area contributed by atoms with E-state index < -0.39 is 23.2 Å². The number of nitrogens with one attached hydrogen (secondary N) is 1. The molecule has 3 N–H and O–H groups in total. The summed E-state index contributed by atoms with van der Waals surface area (Å²) < 4.78 is 38.5. The van der Waals surface area contributed by atoms with Crippen molar-refractivity contribution < 1.29 is 18.0 Å². The molecule has 0 aromatic heterocycles. The number of carbonyl (C=O) groups is 1. The van der Waals surface area contributed by atoms with E-state index >= 15 is 0 Å². The average Bonchev–Trinajstić information content (AvgIpc) is 2.44. The largest absolute Gasteiger partial charge is 0.416 e. The fourth-order valence-corrected chi connectivity index (χ4v) is 2.38. The van der Waals surface area contributed by atoms with Crippen LogP contribution in [0.2, 0.25) is 0 Å². The van der Waals surface area contributed by atoms with E-state index in [1.807, 2.05) is 13.8 Å². The topological polar surface area (TPSA) is 55.1 Å². The smallest absolute Gasteiger partial charge is 0.345 e. The molecule has 1 aromatic rings. The van der Waals surface area contributed by atoms with E-state index in [1.54, 1.807) is 0 Å². The molecular weight excluding hydrogens is 349 g/mol. The number of carbonyl (C=O) groups excluding carboxylic acids is 1. The van der Waals surface area contributed by atoms with Gasteiger partial charge in [0.05, 0.1) is 16.7 Å². The minimum Gasteiger partial charge on any atom is -0.345 e. The molecule has 0 heterocycles. The molecule has 118 valence electrons. The number of rotatable bonds is 5. The van der Waals surface area contributed by atoms with Crippen molar-refractivity contribution in [3.8, 4) is 0 Å². The third-order valence-corrected chi connectivity index (χ3v) is 4.35. The number of alkyl halides is 3. The summed E-state index contributed by atoms with van der Waals surface area (Å²) in [6.45, 7) is 3.97. The van der Waals surface area contributed by atoms with E-state index in [0.29, 0.717) is 17.3 Å². The zero-order valence-corrected chi connectivity index (χ0v) is 13.4. The van der Waals surface area contributed by atoms with Crippen LogP contribution in [0.4, 0.5) is 13.2 Å². The summed E-state index contributed by atoms with van der Waals surface area (Å²) in [7, 11) is 0. The number of halogens is 4. The van der Waals surface area contributed by atoms with Gasteiger partial charge >= 0.3 is 6.18 Å². The van der Waals surface area contributed by atoms with Crippen molar-refractivity contribution in [2.75, 3.05) is 6.54 Å². The molecule has 0 aliphatic heterocycles. The van der Waals surface area contributed by atoms with Gasteiger partial charge in [0.1, 0.15) is 0 Å². The Kier molecular flexibility index (Phi) is 5.81. The normalized spacial score (nSPS) is 12.3. The van der Waals surface area contributed by atoms with Gasteiger partial charge in [0, 0.05) is 11.0 Å². The Morgan fingerprint density at radius 1 is 1.29 bits per heavy atom. The van der Waals surface area contributed by atoms with Gasteiger partial charge in [-0.25, -0.2) is 0 Å². The maximum absolute atomic E-state index is 12.7. The van der Waals surface area contributed by atoms with E-state index in [1.165, 1.54) is 6.07 Å². The Labute approximate surface area is 130 Å². The van der Waals surface area contributed by atoms with Crippen LogP contribution >= 0.6 is 15.9 Å². The lowest BCUT2D eigenvalue weighted by Gasteiger charge is -2.31. The van der Waals surface area contributed by atoms with Gasteiger partial charge in [0.2, 0.25) is 0 Å². The molecule has 0 fully saturated rings. The molecule has 1 amide bonds. The zero-order valence-electron chi connectivity index (χ0n) is 11.9. The molecule has 21 heavy (non-hydrogen) atoms. The molecule has 0 aliphatic rings. The van der Waals surface area contributed by atoms with Crippen molar-refractivity contribution >= 4 is 21.8 Å². The minimum absolute atomic E-state index is 0.0513. The highest BCUT2D eigenvalue weighted by Gasteiger charge is 2.33. The van der Waals surface area contributed by atoms with Gasteiger partial charge in [-0.2, -0.15) is 13.2 Å². The minimum atomic E-state index is -4.49. The van der Waals surface area contributed by atoms with Crippen LogP contribution < -0.4 is 11.1 Å². The first-order valence-corrected chi connectivity index (χ1v) is 7.37. The molecule has 0 saturated carbocycles. The molecule has 0 saturated heterocycles. The van der Waals surface area contributed by atoms with Gasteiger partial charge in [-0.15, -0.1) is 0 Å². The fourth-order valence-electron chi connectivity index (χ4n) is 1.95. The molecule has 0 atom stereocenters. The van der Waals surface area contributed by atoms with Crippen LogP contribution in [0.3, 0.4) is 0 Å². The van der Waals surface area contributed by atoms with E-state index in [0.717, 1.165) is 12.1 Å². The summed E-state index contributed by atoms with van der Waals surface area (Å²) in [5, 5.41) is 2.75. The summed E-state index contributed by atoms with van der Waals surface area (Å²) in [6.07, 6.45) is -3.29. The lowest BCUT2D eigenvalue weighted by Crippen LogP contribution is -2.53. The monoisotopic (exact) mass is 366 g/mol. The highest BCUT2D eigenvalue weighted by Crippen LogP contribution is 2.32. The number of hydrogen-bond acceptors (Lipinski definition) is 2. The predicted molar refractivity (Wildman–Crippen MR) is 79.0 cm³/mol. The second-order valence-corrected chi connectivity index (χ2v) is 5.69. The van der Waals surface area contributed by atoms with Crippen LogP contribution in [0, 0.1) is 0 Å². The van der Waals surface area contributed by atoms with Crippen molar-refractivity contribution in [2.24, 2.45) is 5.73 Å². The van der Waals surface area contributed by atoms with Crippen molar-refractivity contribution in [1.82, 2.24) is 5.32 Å². The molecule has 0 bridgehead atoms. The van der Waals surface area contributed by atoms with Gasteiger partial charge in [-0.3, -0.25) is 4.79 Å². The van der Waals surface area contributed by atoms with E-state index in [4.69, 9.17) is 5.73 Å². The Balaban J connectivity index is 3.13. The SMILES string of the molecule is CCC(CC)(CN)NC(=O)c1cc(C(F)(F)F)ccc1Br. The Morgan fingerprint density at radius 3 is 2.29 bits per heavy atom. The summed E-state index contributed by atoms with van der Waals surface area (Å²) >= 11 is 3.11. The van der Waals surface area contributed by atoms with Crippen molar-refractivity contribution in [3.63, 3.8) is 0 Å². The molecular formula is C14H18BrF3N2O. The molecule has 0 aliphatic carbocycles. The van der Waals surface area contributed by atoms with Crippen LogP contribution in [0.25, 0.3) is 0 Å². The van der Waals surface area contributed by atoms with Gasteiger partial charge in [-0.05, 0) is 47.0 Å². The fraction of sp³-hybridized carbons (Fsp3) is 0.500. The highest BCUT2D eigenvalue weighted by molar-refractivity contribution is 9.10. The molecule has 0 spiro atoms. The van der Waals surface area contributed by atoms with Crippen molar-refractivity contribution in [2.45, 2.75) is 38.4 Å². The van der Waals surface area contributed by atoms with Crippen LogP contribution in [0.15, 0.2) is 22.7 Å². The maximum atomic E-state index is 12.7. The van der Waals surface area contributed by atoms with Gasteiger partial charge in [0.25, 0.3) is 5.91 Å². The average molecular weight is 367 g/mol. The Hall–Kier alpha value is -1.08. The number of amides is 1. The van der Waals surface area contributed by atoms with Gasteiger partial charge in [0.15, 0.2) is 0 Å². The third kappa shape index (κ3) is 4.20. The first-order chi connectivity index (χ1) is 9.69. The molecule has 1 rings (SSSR count). The second-order valence-electron chi connectivity index (χ2n) is 4.84. The lowest BCUT2D eigenvalue weighted by atomic mass is 9.92. The summed E-state index contributed by atoms with van der Waals surface area (Å²) in [5.74, 6) is -0.567. The lowest BCUT2D eigenvalue weighted by molar-refractivity contribution is -0.137. The summed E-state index contributed by atoms with van der Waals surface area (Å²) in [4.78, 5) is 12.3. The maximum Gasteiger partial charge on any atom is 0.416 e. The van der Waals surface area contributed by atoms with Crippen LogP contribution in [-0.2, 0) is 6.18 Å². The van der Waals surface area contributed by atoms with Crippen molar-refractivity contribution in [3.05, 3.63) is 33.8 Å². The Morgan fingerprint density at radius 2 is 1.86 bits per heavy atom. The summed E-state index contributed by atoms with van der Waals surface area (Å²) in [5.41, 5.74) is 4.17. The van der Waals surface area contributed by atoms with E-state index in [-0.39, 0.29) is 12.1 Å². The predicted octanol–water partition coefficient (Wildman–Crippen LogP) is 3.72. The number of nitrogens with two attached hydrogens (primary N) is 1. The molecule has 3 nitrogen and oxygen atoms in total.